The first-order valence-electron chi connectivity index (χ1n) is 11.9. The normalized spacial score (nSPS) is 18.2. The van der Waals surface area contributed by atoms with Crippen LogP contribution in [0, 0.1) is 13.8 Å². The molecule has 2 amide bonds. The quantitative estimate of drug-likeness (QED) is 0.355. The highest BCUT2D eigenvalue weighted by Crippen LogP contribution is 2.34. The van der Waals surface area contributed by atoms with Gasteiger partial charge < -0.3 is 24.5 Å². The van der Waals surface area contributed by atoms with E-state index in [9.17, 15) is 22.8 Å². The largest absolute Gasteiger partial charge is 0.497 e. The summed E-state index contributed by atoms with van der Waals surface area (Å²) in [6.45, 7) is 5.16. The lowest BCUT2D eigenvalue weighted by atomic mass is 9.92. The minimum atomic E-state index is -4.83. The molecule has 37 heavy (non-hydrogen) atoms. The zero-order valence-electron chi connectivity index (χ0n) is 21.1. The monoisotopic (exact) mass is 524 g/mol. The minimum absolute atomic E-state index is 0.00451. The van der Waals surface area contributed by atoms with E-state index in [0.29, 0.717) is 37.1 Å². The van der Waals surface area contributed by atoms with Crippen molar-refractivity contribution in [1.82, 2.24) is 10.6 Å². The van der Waals surface area contributed by atoms with E-state index < -0.39 is 29.5 Å². The second-order valence-electron chi connectivity index (χ2n) is 8.71. The molecule has 0 spiro atoms. The van der Waals surface area contributed by atoms with Gasteiger partial charge in [-0.2, -0.15) is 13.2 Å². The van der Waals surface area contributed by atoms with Crippen LogP contribution in [0.5, 0.6) is 5.75 Å². The van der Waals surface area contributed by atoms with Crippen molar-refractivity contribution in [1.29, 1.82) is 0 Å². The first-order chi connectivity index (χ1) is 17.5. The summed E-state index contributed by atoms with van der Waals surface area (Å²) in [5.41, 5.74) is 0.736. The summed E-state index contributed by atoms with van der Waals surface area (Å²) in [6.07, 6.45) is -2.87. The van der Waals surface area contributed by atoms with Gasteiger partial charge in [-0.15, -0.1) is 0 Å². The SMILES string of the molecule is CCOC(=O)NC1CCC(N=C(NC(=O)c2cc(C)oc2C(F)(F)F)Nc2cc(OC)ccc2C)CC1. The number of nitrogens with zero attached hydrogens (tertiary/aromatic N) is 1. The number of hydrogen-bond donors (Lipinski definition) is 3. The van der Waals surface area contributed by atoms with Crippen molar-refractivity contribution >= 4 is 23.6 Å². The van der Waals surface area contributed by atoms with Crippen LogP contribution in [0.15, 0.2) is 33.7 Å². The molecule has 9 nitrogen and oxygen atoms in total. The molecular weight excluding hydrogens is 493 g/mol. The number of aliphatic imine (C=N–C) groups is 1. The number of rotatable bonds is 6. The number of aryl methyl sites for hydroxylation is 2. The maximum Gasteiger partial charge on any atom is 0.450 e. The van der Waals surface area contributed by atoms with Gasteiger partial charge in [-0.1, -0.05) is 6.07 Å². The van der Waals surface area contributed by atoms with E-state index in [-0.39, 0.29) is 30.4 Å². The fourth-order valence-electron chi connectivity index (χ4n) is 4.03. The number of carbonyl (C=O) groups excluding carboxylic acids is 2. The average molecular weight is 525 g/mol. The number of halogens is 3. The molecule has 202 valence electrons. The molecule has 0 saturated heterocycles. The molecule has 0 bridgehead atoms. The maximum atomic E-state index is 13.4. The summed E-state index contributed by atoms with van der Waals surface area (Å²) in [5.74, 6) is -1.87. The van der Waals surface area contributed by atoms with Crippen LogP contribution >= 0.6 is 0 Å². The van der Waals surface area contributed by atoms with E-state index in [0.717, 1.165) is 11.6 Å². The lowest BCUT2D eigenvalue weighted by Crippen LogP contribution is -2.40. The summed E-state index contributed by atoms with van der Waals surface area (Å²) in [5, 5.41) is 8.32. The van der Waals surface area contributed by atoms with Crippen molar-refractivity contribution in [2.24, 2.45) is 4.99 Å². The van der Waals surface area contributed by atoms with Crippen molar-refractivity contribution in [3.8, 4) is 5.75 Å². The van der Waals surface area contributed by atoms with Crippen molar-refractivity contribution in [2.45, 2.75) is 64.7 Å². The van der Waals surface area contributed by atoms with Crippen LogP contribution in [0.25, 0.3) is 0 Å². The van der Waals surface area contributed by atoms with Crippen LogP contribution in [0.4, 0.5) is 23.7 Å². The van der Waals surface area contributed by atoms with Gasteiger partial charge in [-0.3, -0.25) is 10.1 Å². The number of carbonyl (C=O) groups is 2. The Bertz CT molecular complexity index is 1140. The minimum Gasteiger partial charge on any atom is -0.497 e. The highest BCUT2D eigenvalue weighted by Gasteiger charge is 2.40. The van der Waals surface area contributed by atoms with Crippen molar-refractivity contribution in [3.05, 3.63) is 46.9 Å². The van der Waals surface area contributed by atoms with Gasteiger partial charge in [0.1, 0.15) is 11.5 Å². The van der Waals surface area contributed by atoms with Gasteiger partial charge in [0.2, 0.25) is 11.7 Å². The third kappa shape index (κ3) is 7.64. The summed E-state index contributed by atoms with van der Waals surface area (Å²) in [4.78, 5) is 29.2. The molecule has 2 aromatic rings. The number of alkyl halides is 3. The van der Waals surface area contributed by atoms with Gasteiger partial charge >= 0.3 is 12.3 Å². The molecule has 0 radical (unpaired) electrons. The van der Waals surface area contributed by atoms with Crippen LogP contribution in [-0.4, -0.2) is 43.8 Å². The van der Waals surface area contributed by atoms with Gasteiger partial charge in [-0.05, 0) is 64.2 Å². The molecule has 1 fully saturated rings. The van der Waals surface area contributed by atoms with Gasteiger partial charge in [-0.25, -0.2) is 9.79 Å². The fraction of sp³-hybridized carbons (Fsp3) is 0.480. The van der Waals surface area contributed by atoms with Gasteiger partial charge in [0.05, 0.1) is 25.3 Å². The molecule has 1 aliphatic carbocycles. The summed E-state index contributed by atoms with van der Waals surface area (Å²) < 4.78 is 55.2. The van der Waals surface area contributed by atoms with Crippen LogP contribution in [0.1, 0.15) is 60.0 Å². The Morgan fingerprint density at radius 2 is 1.84 bits per heavy atom. The average Bonchev–Trinajstić information content (AvgIpc) is 3.24. The fourth-order valence-corrected chi connectivity index (χ4v) is 4.03. The van der Waals surface area contributed by atoms with E-state index >= 15 is 0 Å². The predicted molar refractivity (Wildman–Crippen MR) is 131 cm³/mol. The zero-order chi connectivity index (χ0) is 27.2. The number of amides is 2. The second kappa shape index (κ2) is 12.0. The molecule has 1 heterocycles. The standard InChI is InChI=1S/C25H31F3N4O5/c1-5-36-24(34)30-17-9-7-16(8-10-17)29-23(31-20-13-18(35-4)11-6-14(20)2)32-22(33)19-12-15(3)37-21(19)25(26,27)28/h6,11-13,16-17H,5,7-10H2,1-4H3,(H,30,34)(H2,29,31,32,33). The third-order valence-corrected chi connectivity index (χ3v) is 5.89. The number of hydrogen-bond acceptors (Lipinski definition) is 6. The Labute approximate surface area is 212 Å². The Hall–Kier alpha value is -3.70. The van der Waals surface area contributed by atoms with E-state index in [2.05, 4.69) is 20.9 Å². The molecule has 0 unspecified atom stereocenters. The van der Waals surface area contributed by atoms with Crippen LogP contribution < -0.4 is 20.7 Å². The number of methoxy groups -OCH3 is 1. The first kappa shape index (κ1) is 27.9. The highest BCUT2D eigenvalue weighted by atomic mass is 19.4. The van der Waals surface area contributed by atoms with Crippen molar-refractivity contribution < 1.29 is 36.7 Å². The van der Waals surface area contributed by atoms with Crippen molar-refractivity contribution in [3.63, 3.8) is 0 Å². The van der Waals surface area contributed by atoms with Crippen LogP contribution in [-0.2, 0) is 10.9 Å². The topological polar surface area (TPSA) is 114 Å². The summed E-state index contributed by atoms with van der Waals surface area (Å²) in [6, 6.07) is 5.99. The summed E-state index contributed by atoms with van der Waals surface area (Å²) in [7, 11) is 1.51. The number of alkyl carbamates (subject to hydrolysis) is 1. The lowest BCUT2D eigenvalue weighted by Gasteiger charge is -2.27. The number of furan rings is 1. The lowest BCUT2D eigenvalue weighted by molar-refractivity contribution is -0.153. The Morgan fingerprint density at radius 1 is 1.14 bits per heavy atom. The van der Waals surface area contributed by atoms with Gasteiger partial charge in [0, 0.05) is 17.8 Å². The van der Waals surface area contributed by atoms with Gasteiger partial charge in [0.15, 0.2) is 0 Å². The van der Waals surface area contributed by atoms with E-state index in [1.54, 1.807) is 25.1 Å². The maximum absolute atomic E-state index is 13.4. The third-order valence-electron chi connectivity index (χ3n) is 5.89. The smallest absolute Gasteiger partial charge is 0.450 e. The molecular formula is C25H31F3N4O5. The summed E-state index contributed by atoms with van der Waals surface area (Å²) >= 11 is 0. The molecule has 1 aromatic heterocycles. The number of nitrogens with one attached hydrogen (secondary N) is 3. The van der Waals surface area contributed by atoms with Gasteiger partial charge in [0.25, 0.3) is 5.91 Å². The Kier molecular flexibility index (Phi) is 9.06. The Morgan fingerprint density at radius 3 is 2.46 bits per heavy atom. The first-order valence-corrected chi connectivity index (χ1v) is 11.9. The predicted octanol–water partition coefficient (Wildman–Crippen LogP) is 5.18. The zero-order valence-corrected chi connectivity index (χ0v) is 21.1. The van der Waals surface area contributed by atoms with Crippen molar-refractivity contribution in [2.75, 3.05) is 19.0 Å². The molecule has 0 aliphatic heterocycles. The molecule has 0 atom stereocenters. The molecule has 3 N–H and O–H groups in total. The number of ether oxygens (including phenoxy) is 2. The number of anilines is 1. The van der Waals surface area contributed by atoms with E-state index in [4.69, 9.17) is 13.9 Å². The molecule has 12 heteroatoms. The Balaban J connectivity index is 1.83. The highest BCUT2D eigenvalue weighted by molar-refractivity contribution is 6.10. The molecule has 3 rings (SSSR count). The van der Waals surface area contributed by atoms with E-state index in [1.807, 2.05) is 6.92 Å². The molecule has 1 saturated carbocycles. The molecule has 1 aromatic carbocycles. The van der Waals surface area contributed by atoms with Crippen LogP contribution in [0.3, 0.4) is 0 Å². The van der Waals surface area contributed by atoms with Crippen LogP contribution in [0.2, 0.25) is 0 Å². The molecule has 1 aliphatic rings. The second-order valence-corrected chi connectivity index (χ2v) is 8.71. The number of guanidine groups is 1. The van der Waals surface area contributed by atoms with E-state index in [1.165, 1.54) is 14.0 Å². The number of benzene rings is 1.